The Morgan fingerprint density at radius 2 is 2.00 bits per heavy atom. The predicted octanol–water partition coefficient (Wildman–Crippen LogP) is 1.94. The standard InChI is InChI=1S/C9H7Cl2NO3/c10-7-1-5(2-8(11)12-7)9(13)15-6-3-14-4-6/h1-2,6H,3-4H2. The Kier molecular flexibility index (Phi) is 3.09. The third-order valence-electron chi connectivity index (χ3n) is 1.88. The summed E-state index contributed by atoms with van der Waals surface area (Å²) in [5, 5.41) is 0.332. The molecular weight excluding hydrogens is 241 g/mol. The molecule has 0 saturated carbocycles. The zero-order valence-electron chi connectivity index (χ0n) is 7.57. The molecule has 0 spiro atoms. The van der Waals surface area contributed by atoms with Crippen LogP contribution in [0.15, 0.2) is 12.1 Å². The van der Waals surface area contributed by atoms with Crippen molar-refractivity contribution in [2.24, 2.45) is 0 Å². The fourth-order valence-electron chi connectivity index (χ4n) is 1.08. The van der Waals surface area contributed by atoms with Crippen LogP contribution < -0.4 is 0 Å². The zero-order chi connectivity index (χ0) is 10.8. The maximum Gasteiger partial charge on any atom is 0.338 e. The smallest absolute Gasteiger partial charge is 0.338 e. The molecule has 80 valence electrons. The topological polar surface area (TPSA) is 48.4 Å². The Hall–Kier alpha value is -0.840. The number of hydrogen-bond donors (Lipinski definition) is 0. The molecule has 0 atom stereocenters. The van der Waals surface area contributed by atoms with Crippen molar-refractivity contribution in [1.82, 2.24) is 4.98 Å². The van der Waals surface area contributed by atoms with Crippen LogP contribution in [0, 0.1) is 0 Å². The molecule has 0 aromatic carbocycles. The monoisotopic (exact) mass is 247 g/mol. The third kappa shape index (κ3) is 2.59. The minimum Gasteiger partial charge on any atom is -0.454 e. The Bertz CT molecular complexity index is 373. The van der Waals surface area contributed by atoms with Gasteiger partial charge >= 0.3 is 5.97 Å². The van der Waals surface area contributed by atoms with E-state index in [4.69, 9.17) is 32.7 Å². The van der Waals surface area contributed by atoms with Gasteiger partial charge in [-0.1, -0.05) is 23.2 Å². The molecule has 4 nitrogen and oxygen atoms in total. The molecule has 1 aromatic rings. The maximum atomic E-state index is 11.5. The van der Waals surface area contributed by atoms with Crippen LogP contribution in [-0.2, 0) is 9.47 Å². The highest BCUT2D eigenvalue weighted by atomic mass is 35.5. The second kappa shape index (κ2) is 4.35. The summed E-state index contributed by atoms with van der Waals surface area (Å²) in [7, 11) is 0. The lowest BCUT2D eigenvalue weighted by Crippen LogP contribution is -2.37. The van der Waals surface area contributed by atoms with Gasteiger partial charge in [0, 0.05) is 0 Å². The number of pyridine rings is 1. The molecular formula is C9H7Cl2NO3. The number of carbonyl (C=O) groups excluding carboxylic acids is 1. The SMILES string of the molecule is O=C(OC1COC1)c1cc(Cl)nc(Cl)c1. The van der Waals surface area contributed by atoms with E-state index in [0.29, 0.717) is 18.8 Å². The second-order valence-corrected chi connectivity index (χ2v) is 3.84. The van der Waals surface area contributed by atoms with Crippen molar-refractivity contribution in [2.45, 2.75) is 6.10 Å². The van der Waals surface area contributed by atoms with E-state index in [2.05, 4.69) is 4.98 Å². The molecule has 0 amide bonds. The summed E-state index contributed by atoms with van der Waals surface area (Å²) in [6.07, 6.45) is -0.164. The van der Waals surface area contributed by atoms with Crippen LogP contribution in [0.1, 0.15) is 10.4 Å². The summed E-state index contributed by atoms with van der Waals surface area (Å²) in [6, 6.07) is 2.82. The summed E-state index contributed by atoms with van der Waals surface area (Å²) < 4.78 is 9.95. The van der Waals surface area contributed by atoms with Crippen LogP contribution in [-0.4, -0.2) is 30.3 Å². The fraction of sp³-hybridized carbons (Fsp3) is 0.333. The van der Waals surface area contributed by atoms with Gasteiger partial charge in [-0.15, -0.1) is 0 Å². The third-order valence-corrected chi connectivity index (χ3v) is 2.27. The molecule has 1 fully saturated rings. The molecule has 1 aliphatic rings. The molecule has 6 heteroatoms. The molecule has 0 bridgehead atoms. The van der Waals surface area contributed by atoms with Crippen molar-refractivity contribution in [3.05, 3.63) is 28.0 Å². The Balaban J connectivity index is 2.10. The first-order valence-corrected chi connectivity index (χ1v) is 5.02. The van der Waals surface area contributed by atoms with Crippen LogP contribution in [0.2, 0.25) is 10.3 Å². The van der Waals surface area contributed by atoms with E-state index in [0.717, 1.165) is 0 Å². The van der Waals surface area contributed by atoms with Gasteiger partial charge in [-0.3, -0.25) is 0 Å². The molecule has 0 unspecified atom stereocenters. The Morgan fingerprint density at radius 3 is 2.47 bits per heavy atom. The zero-order valence-corrected chi connectivity index (χ0v) is 9.09. The Labute approximate surface area is 96.1 Å². The van der Waals surface area contributed by atoms with Gasteiger partial charge in [0.05, 0.1) is 18.8 Å². The van der Waals surface area contributed by atoms with Gasteiger partial charge in [-0.25, -0.2) is 9.78 Å². The number of nitrogens with zero attached hydrogens (tertiary/aromatic N) is 1. The first kappa shape index (κ1) is 10.7. The molecule has 1 saturated heterocycles. The molecule has 0 N–H and O–H groups in total. The minimum absolute atomic E-state index is 0.164. The number of rotatable bonds is 2. The molecule has 2 heterocycles. The van der Waals surface area contributed by atoms with E-state index < -0.39 is 5.97 Å². The van der Waals surface area contributed by atoms with Gasteiger partial charge in [0.2, 0.25) is 0 Å². The number of carbonyl (C=O) groups is 1. The lowest BCUT2D eigenvalue weighted by Gasteiger charge is -2.25. The molecule has 1 aliphatic heterocycles. The Morgan fingerprint density at radius 1 is 1.40 bits per heavy atom. The predicted molar refractivity (Wildman–Crippen MR) is 54.3 cm³/mol. The van der Waals surface area contributed by atoms with Crippen LogP contribution in [0.4, 0.5) is 0 Å². The average molecular weight is 248 g/mol. The summed E-state index contributed by atoms with van der Waals surface area (Å²) in [5.41, 5.74) is 0.298. The molecule has 1 aromatic heterocycles. The van der Waals surface area contributed by atoms with E-state index in [1.54, 1.807) is 0 Å². The highest BCUT2D eigenvalue weighted by Gasteiger charge is 2.23. The lowest BCUT2D eigenvalue weighted by molar-refractivity contribution is -0.103. The molecule has 0 radical (unpaired) electrons. The van der Waals surface area contributed by atoms with E-state index in [1.165, 1.54) is 12.1 Å². The van der Waals surface area contributed by atoms with E-state index in [1.807, 2.05) is 0 Å². The van der Waals surface area contributed by atoms with Crippen LogP contribution in [0.5, 0.6) is 0 Å². The second-order valence-electron chi connectivity index (χ2n) is 3.07. The van der Waals surface area contributed by atoms with Gasteiger partial charge in [0.25, 0.3) is 0 Å². The van der Waals surface area contributed by atoms with Gasteiger partial charge in [-0.05, 0) is 12.1 Å². The highest BCUT2D eigenvalue weighted by molar-refractivity contribution is 6.32. The molecule has 2 rings (SSSR count). The number of halogens is 2. The average Bonchev–Trinajstić information content (AvgIpc) is 2.09. The van der Waals surface area contributed by atoms with Crippen molar-refractivity contribution < 1.29 is 14.3 Å². The van der Waals surface area contributed by atoms with E-state index >= 15 is 0 Å². The summed E-state index contributed by atoms with van der Waals surface area (Å²) in [4.78, 5) is 15.3. The number of aromatic nitrogens is 1. The fourth-order valence-corrected chi connectivity index (χ4v) is 1.54. The van der Waals surface area contributed by atoms with Crippen LogP contribution in [0.3, 0.4) is 0 Å². The number of esters is 1. The van der Waals surface area contributed by atoms with Gasteiger partial charge < -0.3 is 9.47 Å². The summed E-state index contributed by atoms with van der Waals surface area (Å²) in [6.45, 7) is 0.885. The number of ether oxygens (including phenoxy) is 2. The van der Waals surface area contributed by atoms with E-state index in [9.17, 15) is 4.79 Å². The van der Waals surface area contributed by atoms with Gasteiger partial charge in [-0.2, -0.15) is 0 Å². The van der Waals surface area contributed by atoms with Crippen molar-refractivity contribution in [1.29, 1.82) is 0 Å². The maximum absolute atomic E-state index is 11.5. The quantitative estimate of drug-likeness (QED) is 0.592. The molecule has 0 aliphatic carbocycles. The van der Waals surface area contributed by atoms with Crippen LogP contribution >= 0.6 is 23.2 Å². The summed E-state index contributed by atoms with van der Waals surface area (Å²) in [5.74, 6) is -0.463. The van der Waals surface area contributed by atoms with Gasteiger partial charge in [0.1, 0.15) is 16.4 Å². The van der Waals surface area contributed by atoms with Crippen molar-refractivity contribution in [3.8, 4) is 0 Å². The number of hydrogen-bond acceptors (Lipinski definition) is 4. The van der Waals surface area contributed by atoms with Gasteiger partial charge in [0.15, 0.2) is 0 Å². The van der Waals surface area contributed by atoms with Crippen molar-refractivity contribution in [2.75, 3.05) is 13.2 Å². The highest BCUT2D eigenvalue weighted by Crippen LogP contribution is 2.17. The van der Waals surface area contributed by atoms with Crippen molar-refractivity contribution >= 4 is 29.2 Å². The van der Waals surface area contributed by atoms with Crippen molar-refractivity contribution in [3.63, 3.8) is 0 Å². The largest absolute Gasteiger partial charge is 0.454 e. The first-order chi connectivity index (χ1) is 7.15. The normalized spacial score (nSPS) is 15.9. The summed E-state index contributed by atoms with van der Waals surface area (Å²) >= 11 is 11.3. The van der Waals surface area contributed by atoms with Crippen LogP contribution in [0.25, 0.3) is 0 Å². The first-order valence-electron chi connectivity index (χ1n) is 4.27. The minimum atomic E-state index is -0.463. The lowest BCUT2D eigenvalue weighted by atomic mass is 10.2. The molecule has 15 heavy (non-hydrogen) atoms. The van der Waals surface area contributed by atoms with E-state index in [-0.39, 0.29) is 16.4 Å².